The summed E-state index contributed by atoms with van der Waals surface area (Å²) in [5.74, 6) is -2.06. The highest BCUT2D eigenvalue weighted by molar-refractivity contribution is 7.80. The number of hydrogen-bond acceptors (Lipinski definition) is 4. The molecule has 0 bridgehead atoms. The third-order valence-corrected chi connectivity index (χ3v) is 3.80. The molecular weight excluding hydrogens is 298 g/mol. The first-order valence-electron chi connectivity index (χ1n) is 6.59. The van der Waals surface area contributed by atoms with Gasteiger partial charge in [-0.25, -0.2) is 13.6 Å². The van der Waals surface area contributed by atoms with E-state index < -0.39 is 23.6 Å². The van der Waals surface area contributed by atoms with Crippen molar-refractivity contribution in [2.75, 3.05) is 18.6 Å². The topological polar surface area (TPSA) is 55.6 Å². The van der Waals surface area contributed by atoms with Crippen molar-refractivity contribution in [3.63, 3.8) is 0 Å². The van der Waals surface area contributed by atoms with Gasteiger partial charge in [-0.15, -0.1) is 0 Å². The smallest absolute Gasteiger partial charge is 0.328 e. The van der Waals surface area contributed by atoms with Gasteiger partial charge in [-0.1, -0.05) is 12.2 Å². The van der Waals surface area contributed by atoms with E-state index >= 15 is 0 Å². The molecule has 1 aromatic carbocycles. The highest BCUT2D eigenvalue weighted by Gasteiger charge is 2.33. The molecule has 1 unspecified atom stereocenters. The van der Waals surface area contributed by atoms with E-state index in [4.69, 9.17) is 22.7 Å². The molecule has 1 fully saturated rings. The van der Waals surface area contributed by atoms with Crippen LogP contribution >= 0.6 is 12.2 Å². The molecule has 114 valence electrons. The summed E-state index contributed by atoms with van der Waals surface area (Å²) in [5, 5.41) is 0. The molecule has 0 spiro atoms. The summed E-state index contributed by atoms with van der Waals surface area (Å²) < 4.78 is 33.2. The Balaban J connectivity index is 2.43. The lowest BCUT2D eigenvalue weighted by molar-refractivity contribution is -0.142. The first-order valence-corrected chi connectivity index (χ1v) is 7.00. The number of ether oxygens (including phenoxy) is 1. The molecule has 0 aliphatic carbocycles. The van der Waals surface area contributed by atoms with E-state index in [0.29, 0.717) is 13.0 Å². The molecule has 2 rings (SSSR count). The van der Waals surface area contributed by atoms with Gasteiger partial charge in [-0.05, 0) is 31.4 Å². The molecule has 7 heteroatoms. The van der Waals surface area contributed by atoms with Crippen LogP contribution in [0.2, 0.25) is 0 Å². The number of anilines is 1. The fourth-order valence-electron chi connectivity index (χ4n) is 2.56. The van der Waals surface area contributed by atoms with Crippen molar-refractivity contribution in [1.29, 1.82) is 0 Å². The normalized spacial score (nSPS) is 18.4. The van der Waals surface area contributed by atoms with Gasteiger partial charge in [0.1, 0.15) is 28.4 Å². The van der Waals surface area contributed by atoms with Crippen LogP contribution in [0.15, 0.2) is 12.1 Å². The number of rotatable bonds is 3. The van der Waals surface area contributed by atoms with Gasteiger partial charge in [0, 0.05) is 12.1 Å². The zero-order valence-electron chi connectivity index (χ0n) is 11.6. The van der Waals surface area contributed by atoms with Gasteiger partial charge in [0.2, 0.25) is 0 Å². The van der Waals surface area contributed by atoms with E-state index in [1.54, 1.807) is 0 Å². The summed E-state index contributed by atoms with van der Waals surface area (Å²) >= 11 is 4.72. The maximum Gasteiger partial charge on any atom is 0.328 e. The summed E-state index contributed by atoms with van der Waals surface area (Å²) in [6.07, 6.45) is 2.07. The van der Waals surface area contributed by atoms with Gasteiger partial charge < -0.3 is 15.4 Å². The molecule has 0 aromatic heterocycles. The molecule has 2 N–H and O–H groups in total. The third kappa shape index (κ3) is 3.12. The monoisotopic (exact) mass is 314 g/mol. The van der Waals surface area contributed by atoms with Crippen LogP contribution in [0.4, 0.5) is 14.5 Å². The lowest BCUT2D eigenvalue weighted by Gasteiger charge is -2.36. The lowest BCUT2D eigenvalue weighted by Crippen LogP contribution is -2.46. The molecule has 1 aromatic rings. The number of piperidine rings is 1. The number of carbonyl (C=O) groups is 1. The van der Waals surface area contributed by atoms with Crippen LogP contribution in [0, 0.1) is 11.6 Å². The first-order chi connectivity index (χ1) is 9.95. The zero-order valence-corrected chi connectivity index (χ0v) is 12.4. The van der Waals surface area contributed by atoms with Crippen LogP contribution < -0.4 is 10.6 Å². The fourth-order valence-corrected chi connectivity index (χ4v) is 2.68. The van der Waals surface area contributed by atoms with Crippen molar-refractivity contribution in [1.82, 2.24) is 0 Å². The average Bonchev–Trinajstić information content (AvgIpc) is 2.46. The zero-order chi connectivity index (χ0) is 15.6. The minimum Gasteiger partial charge on any atom is -0.467 e. The molecule has 4 nitrogen and oxygen atoms in total. The Morgan fingerprint density at radius 3 is 2.52 bits per heavy atom. The minimum absolute atomic E-state index is 0.0810. The van der Waals surface area contributed by atoms with Gasteiger partial charge in [0.15, 0.2) is 0 Å². The summed E-state index contributed by atoms with van der Waals surface area (Å²) in [6, 6.07) is 1.50. The van der Waals surface area contributed by atoms with Crippen molar-refractivity contribution < 1.29 is 18.3 Å². The number of esters is 1. The highest BCUT2D eigenvalue weighted by atomic mass is 32.1. The van der Waals surface area contributed by atoms with Gasteiger partial charge in [0.25, 0.3) is 0 Å². The van der Waals surface area contributed by atoms with Gasteiger partial charge in [-0.2, -0.15) is 0 Å². The average molecular weight is 314 g/mol. The Bertz CT molecular complexity index is 557. The van der Waals surface area contributed by atoms with Gasteiger partial charge >= 0.3 is 5.97 Å². The van der Waals surface area contributed by atoms with E-state index in [0.717, 1.165) is 25.0 Å². The van der Waals surface area contributed by atoms with E-state index in [2.05, 4.69) is 0 Å². The number of methoxy groups -OCH3 is 1. The molecule has 1 saturated heterocycles. The van der Waals surface area contributed by atoms with Crippen LogP contribution in [0.1, 0.15) is 24.8 Å². The summed E-state index contributed by atoms with van der Waals surface area (Å²) in [6.45, 7) is 0.389. The minimum atomic E-state index is -0.784. The maximum absolute atomic E-state index is 14.2. The maximum atomic E-state index is 14.2. The van der Waals surface area contributed by atoms with Crippen LogP contribution in [0.3, 0.4) is 0 Å². The van der Waals surface area contributed by atoms with Crippen molar-refractivity contribution in [3.8, 4) is 0 Å². The molecule has 21 heavy (non-hydrogen) atoms. The van der Waals surface area contributed by atoms with E-state index in [1.807, 2.05) is 0 Å². The predicted octanol–water partition coefficient (Wildman–Crippen LogP) is 2.13. The van der Waals surface area contributed by atoms with Crippen molar-refractivity contribution in [2.45, 2.75) is 25.3 Å². The Labute approximate surface area is 126 Å². The highest BCUT2D eigenvalue weighted by Crippen LogP contribution is 2.31. The molecule has 1 atom stereocenters. The number of halogens is 2. The van der Waals surface area contributed by atoms with E-state index in [9.17, 15) is 13.6 Å². The Morgan fingerprint density at radius 2 is 2.00 bits per heavy atom. The Hall–Kier alpha value is -1.76. The number of thiocarbonyl (C=S) groups is 1. The second-order valence-corrected chi connectivity index (χ2v) is 5.32. The number of hydrogen-bond donors (Lipinski definition) is 1. The molecule has 0 amide bonds. The number of carbonyl (C=O) groups excluding carboxylic acids is 1. The van der Waals surface area contributed by atoms with Crippen LogP contribution in [-0.2, 0) is 9.53 Å². The standard InChI is InChI=1S/C14H16F2N2O2S/c1-20-14(19)11-4-2-3-5-18(11)12-9(15)6-8(13(17)21)7-10(12)16/h6-7,11H,2-5H2,1H3,(H2,17,21). The van der Waals surface area contributed by atoms with Crippen LogP contribution in [0.5, 0.6) is 0 Å². The molecule has 1 aliphatic heterocycles. The largest absolute Gasteiger partial charge is 0.467 e. The Morgan fingerprint density at radius 1 is 1.38 bits per heavy atom. The van der Waals surface area contributed by atoms with Crippen molar-refractivity contribution >= 4 is 28.9 Å². The quantitative estimate of drug-likeness (QED) is 0.684. The molecule has 1 heterocycles. The third-order valence-electron chi connectivity index (χ3n) is 3.56. The number of nitrogens with zero attached hydrogens (tertiary/aromatic N) is 1. The summed E-state index contributed by atoms with van der Waals surface area (Å²) in [4.78, 5) is 13.1. The lowest BCUT2D eigenvalue weighted by atomic mass is 10.0. The molecule has 0 radical (unpaired) electrons. The molecule has 0 saturated carbocycles. The molecular formula is C14H16F2N2O2S. The predicted molar refractivity (Wildman–Crippen MR) is 79.2 cm³/mol. The second kappa shape index (κ2) is 6.34. The van der Waals surface area contributed by atoms with Gasteiger partial charge in [0.05, 0.1) is 7.11 Å². The SMILES string of the molecule is COC(=O)C1CCCCN1c1c(F)cc(C(N)=S)cc1F. The molecule has 1 aliphatic rings. The first kappa shape index (κ1) is 15.6. The van der Waals surface area contributed by atoms with Gasteiger partial charge in [-0.3, -0.25) is 0 Å². The fraction of sp³-hybridized carbons (Fsp3) is 0.429. The number of benzene rings is 1. The summed E-state index contributed by atoms with van der Waals surface area (Å²) in [5.41, 5.74) is 5.28. The number of nitrogens with two attached hydrogens (primary N) is 1. The van der Waals surface area contributed by atoms with Crippen LogP contribution in [-0.4, -0.2) is 30.7 Å². The van der Waals surface area contributed by atoms with E-state index in [1.165, 1.54) is 12.0 Å². The van der Waals surface area contributed by atoms with E-state index in [-0.39, 0.29) is 16.2 Å². The van der Waals surface area contributed by atoms with Crippen molar-refractivity contribution in [2.24, 2.45) is 5.73 Å². The second-order valence-electron chi connectivity index (χ2n) is 4.88. The van der Waals surface area contributed by atoms with Crippen LogP contribution in [0.25, 0.3) is 0 Å². The summed E-state index contributed by atoms with van der Waals surface area (Å²) in [7, 11) is 1.26. The van der Waals surface area contributed by atoms with Crippen molar-refractivity contribution in [3.05, 3.63) is 29.3 Å². The Kier molecular flexibility index (Phi) is 4.72.